The molecule has 16 heteroatoms. The van der Waals surface area contributed by atoms with Crippen LogP contribution in [0.5, 0.6) is 0 Å². The number of nitrogens with zero attached hydrogens (tertiary/aromatic N) is 8. The van der Waals surface area contributed by atoms with Gasteiger partial charge in [0.2, 0.25) is 11.8 Å². The van der Waals surface area contributed by atoms with Gasteiger partial charge in [0.1, 0.15) is 6.04 Å². The van der Waals surface area contributed by atoms with Crippen LogP contribution in [0.1, 0.15) is 121 Å². The third-order valence-corrected chi connectivity index (χ3v) is 14.1. The number of piperidine rings is 2. The normalized spacial score (nSPS) is 19.9. The van der Waals surface area contributed by atoms with Gasteiger partial charge in [-0.3, -0.25) is 34.0 Å². The standard InChI is InChI=1S/C47H58F2N10O4/c1-4-5-6-11-33(22-29-9-7-12-34-37(29)28-58(46(34)62)40-13-14-42(60)52-45(40)61)55-19-15-32(16-20-55)59-39-17-21-56(47(63)50-2)27-38(39)44(53-59)57-18-8-10-30-23-35(31-25-51-54(3)26-31)36(43(48)49)24-41(30)57/h7,9,12,23-26,32-33,40,43H,4-6,8,10-11,13-22,27-28H2,1-3H3,(H,50,63)(H,52,60,61). The van der Waals surface area contributed by atoms with Gasteiger partial charge in [0.25, 0.3) is 12.3 Å². The van der Waals surface area contributed by atoms with E-state index in [0.29, 0.717) is 55.7 Å². The monoisotopic (exact) mass is 864 g/mol. The van der Waals surface area contributed by atoms with Crippen LogP contribution in [-0.4, -0.2) is 103 Å². The molecule has 2 N–H and O–H groups in total. The minimum atomic E-state index is -2.68. The number of hydrogen-bond donors (Lipinski definition) is 2. The molecule has 334 valence electrons. The van der Waals surface area contributed by atoms with Gasteiger partial charge < -0.3 is 20.0 Å². The molecule has 0 spiro atoms. The van der Waals surface area contributed by atoms with Gasteiger partial charge in [0, 0.05) is 106 Å². The van der Waals surface area contributed by atoms with Crippen LogP contribution in [0, 0.1) is 0 Å². The number of carbonyl (C=O) groups excluding carboxylic acids is 4. The molecule has 0 aliphatic carbocycles. The molecular weight excluding hydrogens is 807 g/mol. The molecule has 5 amide bonds. The molecule has 9 rings (SSSR count). The molecule has 2 atom stereocenters. The highest BCUT2D eigenvalue weighted by atomic mass is 19.3. The third kappa shape index (κ3) is 8.22. The van der Waals surface area contributed by atoms with Crippen LogP contribution in [0.15, 0.2) is 42.7 Å². The highest BCUT2D eigenvalue weighted by Crippen LogP contribution is 2.44. The van der Waals surface area contributed by atoms with Crippen molar-refractivity contribution in [1.82, 2.24) is 44.9 Å². The Morgan fingerprint density at radius 3 is 2.52 bits per heavy atom. The Balaban J connectivity index is 0.978. The summed E-state index contributed by atoms with van der Waals surface area (Å²) in [5, 5.41) is 14.9. The third-order valence-electron chi connectivity index (χ3n) is 14.1. The maximum absolute atomic E-state index is 14.8. The number of anilines is 2. The van der Waals surface area contributed by atoms with Gasteiger partial charge in [-0.25, -0.2) is 13.6 Å². The lowest BCUT2D eigenvalue weighted by Crippen LogP contribution is -2.52. The minimum absolute atomic E-state index is 0.0338. The number of aryl methyl sites for hydroxylation is 2. The maximum Gasteiger partial charge on any atom is 0.317 e. The zero-order valence-corrected chi connectivity index (χ0v) is 36.5. The Morgan fingerprint density at radius 1 is 0.968 bits per heavy atom. The van der Waals surface area contributed by atoms with E-state index in [1.165, 1.54) is 0 Å². The van der Waals surface area contributed by atoms with Gasteiger partial charge in [-0.05, 0) is 85.4 Å². The Labute approximate surface area is 366 Å². The molecule has 7 heterocycles. The summed E-state index contributed by atoms with van der Waals surface area (Å²) in [5.41, 5.74) is 7.71. The van der Waals surface area contributed by atoms with Crippen LogP contribution in [-0.2, 0) is 49.0 Å². The van der Waals surface area contributed by atoms with Crippen molar-refractivity contribution in [3.8, 4) is 11.1 Å². The topological polar surface area (TPSA) is 141 Å². The number of amides is 5. The van der Waals surface area contributed by atoms with E-state index in [1.54, 1.807) is 47.0 Å². The number of aromatic nitrogens is 4. The summed E-state index contributed by atoms with van der Waals surface area (Å²) in [5.74, 6) is -0.106. The Bertz CT molecular complexity index is 2400. The number of hydrogen-bond acceptors (Lipinski definition) is 8. The Morgan fingerprint density at radius 2 is 1.79 bits per heavy atom. The molecule has 2 aromatic heterocycles. The average molecular weight is 865 g/mol. The van der Waals surface area contributed by atoms with Crippen molar-refractivity contribution in [3.63, 3.8) is 0 Å². The van der Waals surface area contributed by atoms with Gasteiger partial charge in [-0.1, -0.05) is 38.3 Å². The second kappa shape index (κ2) is 17.9. The molecule has 2 aromatic carbocycles. The second-order valence-corrected chi connectivity index (χ2v) is 17.9. The lowest BCUT2D eigenvalue weighted by molar-refractivity contribution is -0.136. The first-order chi connectivity index (χ1) is 30.5. The predicted octanol–water partition coefficient (Wildman–Crippen LogP) is 6.59. The lowest BCUT2D eigenvalue weighted by atomic mass is 9.92. The number of urea groups is 1. The number of nitrogens with one attached hydrogen (secondary N) is 2. The van der Waals surface area contributed by atoms with Crippen LogP contribution in [0.3, 0.4) is 0 Å². The number of fused-ring (bicyclic) bond motifs is 3. The smallest absolute Gasteiger partial charge is 0.317 e. The summed E-state index contributed by atoms with van der Waals surface area (Å²) in [6.07, 6.45) is 10.5. The van der Waals surface area contributed by atoms with Crippen molar-refractivity contribution in [2.45, 2.75) is 122 Å². The average Bonchev–Trinajstić information content (AvgIpc) is 4.00. The zero-order chi connectivity index (χ0) is 43.9. The summed E-state index contributed by atoms with van der Waals surface area (Å²) in [4.78, 5) is 59.5. The highest BCUT2D eigenvalue weighted by Gasteiger charge is 2.41. The summed E-state index contributed by atoms with van der Waals surface area (Å²) in [7, 11) is 3.42. The van der Waals surface area contributed by atoms with Gasteiger partial charge >= 0.3 is 6.03 Å². The SMILES string of the molecule is CCCCCC(Cc1cccc2c1CN(C1CCC(=O)NC1=O)C2=O)N1CCC(n2nc(N3CCCc4cc(-c5cnn(C)c5)c(C(F)F)cc43)c3c2CCN(C(=O)NC)C3)CC1. The van der Waals surface area contributed by atoms with E-state index in [2.05, 4.69) is 43.2 Å². The number of imide groups is 1. The van der Waals surface area contributed by atoms with Crippen molar-refractivity contribution in [2.24, 2.45) is 7.05 Å². The number of benzene rings is 2. The Hall–Kier alpha value is -5.64. The maximum atomic E-state index is 14.8. The van der Waals surface area contributed by atoms with Gasteiger partial charge in [0.15, 0.2) is 5.82 Å². The molecule has 5 aliphatic heterocycles. The molecule has 14 nitrogen and oxygen atoms in total. The van der Waals surface area contributed by atoms with E-state index in [1.807, 2.05) is 18.2 Å². The summed E-state index contributed by atoms with van der Waals surface area (Å²) < 4.78 is 33.5. The predicted molar refractivity (Wildman–Crippen MR) is 234 cm³/mol. The van der Waals surface area contributed by atoms with Crippen molar-refractivity contribution in [1.29, 1.82) is 0 Å². The lowest BCUT2D eigenvalue weighted by Gasteiger charge is -2.39. The number of halogens is 2. The van der Waals surface area contributed by atoms with Gasteiger partial charge in [-0.2, -0.15) is 10.2 Å². The van der Waals surface area contributed by atoms with Crippen molar-refractivity contribution < 1.29 is 28.0 Å². The van der Waals surface area contributed by atoms with Crippen molar-refractivity contribution in [2.75, 3.05) is 38.1 Å². The molecule has 0 bridgehead atoms. The molecule has 5 aliphatic rings. The molecule has 2 fully saturated rings. The first-order valence-corrected chi connectivity index (χ1v) is 22.8. The highest BCUT2D eigenvalue weighted by molar-refractivity contribution is 6.05. The van der Waals surface area contributed by atoms with E-state index >= 15 is 0 Å². The molecule has 0 radical (unpaired) electrons. The fourth-order valence-corrected chi connectivity index (χ4v) is 10.8. The van der Waals surface area contributed by atoms with E-state index in [9.17, 15) is 28.0 Å². The molecule has 4 aromatic rings. The van der Waals surface area contributed by atoms with Crippen LogP contribution >= 0.6 is 0 Å². The largest absolute Gasteiger partial charge is 0.341 e. The summed E-state index contributed by atoms with van der Waals surface area (Å²) in [6.45, 7) is 5.88. The van der Waals surface area contributed by atoms with E-state index < -0.39 is 18.4 Å². The second-order valence-electron chi connectivity index (χ2n) is 17.9. The van der Waals surface area contributed by atoms with Crippen LogP contribution in [0.2, 0.25) is 0 Å². The number of likely N-dealkylation sites (tertiary alicyclic amines) is 1. The number of carbonyl (C=O) groups is 4. The van der Waals surface area contributed by atoms with E-state index in [4.69, 9.17) is 5.10 Å². The number of alkyl halides is 2. The quantitative estimate of drug-likeness (QED) is 0.120. The van der Waals surface area contributed by atoms with Gasteiger partial charge in [0.05, 0.1) is 18.8 Å². The van der Waals surface area contributed by atoms with Crippen molar-refractivity contribution in [3.05, 3.63) is 81.8 Å². The molecule has 0 saturated carbocycles. The van der Waals surface area contributed by atoms with Crippen molar-refractivity contribution >= 4 is 35.3 Å². The molecule has 63 heavy (non-hydrogen) atoms. The van der Waals surface area contributed by atoms with E-state index in [0.717, 1.165) is 110 Å². The van der Waals surface area contributed by atoms with Crippen LogP contribution in [0.25, 0.3) is 11.1 Å². The first-order valence-electron chi connectivity index (χ1n) is 22.8. The minimum Gasteiger partial charge on any atom is -0.341 e. The van der Waals surface area contributed by atoms with Crippen LogP contribution < -0.4 is 15.5 Å². The Kier molecular flexibility index (Phi) is 12.1. The summed E-state index contributed by atoms with van der Waals surface area (Å²) in [6, 6.07) is 9.07. The summed E-state index contributed by atoms with van der Waals surface area (Å²) >= 11 is 0. The number of unbranched alkanes of at least 4 members (excludes halogenated alkanes) is 2. The fraction of sp³-hybridized carbons (Fsp3) is 0.532. The molecule has 2 unspecified atom stereocenters. The number of rotatable bonds is 12. The zero-order valence-electron chi connectivity index (χ0n) is 36.5. The molecule has 2 saturated heterocycles. The van der Waals surface area contributed by atoms with E-state index in [-0.39, 0.29) is 41.9 Å². The van der Waals surface area contributed by atoms with Gasteiger partial charge in [-0.15, -0.1) is 0 Å². The van der Waals surface area contributed by atoms with Crippen LogP contribution in [0.4, 0.5) is 25.1 Å². The molecular formula is C47H58F2N10O4. The fourth-order valence-electron chi connectivity index (χ4n) is 10.8. The first kappa shape index (κ1) is 42.7.